The van der Waals surface area contributed by atoms with Crippen LogP contribution >= 0.6 is 31.1 Å². The number of hydrogen-bond donors (Lipinski definition) is 11. The highest BCUT2D eigenvalue weighted by Crippen LogP contribution is 2.68. The van der Waals surface area contributed by atoms with Crippen LogP contribution in [-0.2, 0) is 70.7 Å². The molecule has 76 heavy (non-hydrogen) atoms. The Hall–Kier alpha value is -4.84. The predicted octanol–water partition coefficient (Wildman–Crippen LogP) is -2.87. The summed E-state index contributed by atoms with van der Waals surface area (Å²) >= 11 is 0. The summed E-state index contributed by atoms with van der Waals surface area (Å²) in [4.78, 5) is 101. The van der Waals surface area contributed by atoms with Crippen LogP contribution in [0.2, 0.25) is 0 Å². The highest BCUT2D eigenvalue weighted by Gasteiger charge is 2.58. The average molecular weight is 1160 g/mol. The van der Waals surface area contributed by atoms with Gasteiger partial charge in [-0.25, -0.2) is 38.0 Å². The Balaban J connectivity index is 0.962. The first-order valence-corrected chi connectivity index (χ1v) is 28.3. The number of imidazole rings is 2. The molecule has 36 nitrogen and oxygen atoms in total. The summed E-state index contributed by atoms with van der Waals surface area (Å²) in [7, 11) is -20.9. The van der Waals surface area contributed by atoms with E-state index in [0.717, 1.165) is 36.6 Å². The van der Waals surface area contributed by atoms with Crippen LogP contribution in [-0.4, -0.2) is 168 Å². The van der Waals surface area contributed by atoms with Crippen molar-refractivity contribution in [1.82, 2.24) is 43.6 Å². The van der Waals surface area contributed by atoms with E-state index in [1.807, 2.05) is 4.98 Å². The highest BCUT2D eigenvalue weighted by molar-refractivity contribution is 7.66. The molecule has 3 saturated heterocycles. The molecule has 0 bridgehead atoms. The molecule has 0 saturated carbocycles. The Bertz CT molecular complexity index is 3340. The number of aromatic nitrogens is 10. The Morgan fingerprint density at radius 3 is 2.16 bits per heavy atom. The summed E-state index contributed by atoms with van der Waals surface area (Å²) in [5, 5.41) is 33.0. The maximum atomic E-state index is 14.3. The molecule has 13 N–H and O–H groups in total. The summed E-state index contributed by atoms with van der Waals surface area (Å²) in [6, 6.07) is 0.927. The Morgan fingerprint density at radius 2 is 1.50 bits per heavy atom. The van der Waals surface area contributed by atoms with Crippen LogP contribution in [0.25, 0.3) is 22.3 Å². The van der Waals surface area contributed by atoms with E-state index in [1.165, 1.54) is 33.2 Å². The molecule has 0 spiro atoms. The van der Waals surface area contributed by atoms with Gasteiger partial charge in [0.15, 0.2) is 30.2 Å². The number of aliphatic hydroxyl groups is 3. The summed E-state index contributed by atoms with van der Waals surface area (Å²) in [5.41, 5.74) is 7.33. The lowest BCUT2D eigenvalue weighted by atomic mass is 9.95. The number of anilines is 2. The lowest BCUT2D eigenvalue weighted by molar-refractivity contribution is -0.745. The van der Waals surface area contributed by atoms with Gasteiger partial charge in [0.1, 0.15) is 54.1 Å². The fourth-order valence-corrected chi connectivity index (χ4v) is 14.1. The van der Waals surface area contributed by atoms with E-state index in [2.05, 4.69) is 40.1 Å². The molecule has 5 aromatic heterocycles. The number of fused-ring (bicyclic) bond motifs is 2. The number of nitrogens with one attached hydrogen (secondary N) is 2. The lowest BCUT2D eigenvalue weighted by Gasteiger charge is -2.28. The molecular formula is C36H51N12O24P4+. The summed E-state index contributed by atoms with van der Waals surface area (Å²) < 4.78 is 111. The molecule has 0 aliphatic carbocycles. The van der Waals surface area contributed by atoms with Crippen LogP contribution in [0.15, 0.2) is 58.3 Å². The van der Waals surface area contributed by atoms with Gasteiger partial charge in [-0.1, -0.05) is 17.6 Å². The summed E-state index contributed by atoms with van der Waals surface area (Å²) in [5.74, 6) is -1.33. The predicted molar refractivity (Wildman–Crippen MR) is 250 cm³/mol. The minimum absolute atomic E-state index is 0.00749. The fraction of sp³-hybridized carbons (Fsp3) is 0.556. The van der Waals surface area contributed by atoms with Crippen molar-refractivity contribution in [2.45, 2.75) is 80.0 Å². The number of nitrogens with zero attached hydrogens (tertiary/aromatic N) is 8. The number of phosphoric ester groups is 2. The molecule has 5 aromatic rings. The van der Waals surface area contributed by atoms with E-state index in [1.54, 1.807) is 0 Å². The number of phosphoric acid groups is 3. The summed E-state index contributed by atoms with van der Waals surface area (Å²) in [6.45, 7) is 0.539. The molecule has 40 heteroatoms. The van der Waals surface area contributed by atoms with E-state index >= 15 is 0 Å². The van der Waals surface area contributed by atoms with Gasteiger partial charge in [0.25, 0.3) is 17.1 Å². The number of H-pyrrole nitrogens is 2. The number of ether oxygens (including phenoxy) is 5. The smallest absolute Gasteiger partial charge is 0.387 e. The molecule has 3 aliphatic rings. The van der Waals surface area contributed by atoms with Gasteiger partial charge in [0.2, 0.25) is 11.7 Å². The number of nitrogens with two attached hydrogens (primary N) is 2. The normalized spacial score (nSPS) is 30.1. The van der Waals surface area contributed by atoms with Gasteiger partial charge in [0, 0.05) is 39.0 Å². The van der Waals surface area contributed by atoms with Crippen LogP contribution in [0.5, 0.6) is 0 Å². The van der Waals surface area contributed by atoms with Gasteiger partial charge in [-0.05, 0) is 6.42 Å². The molecule has 8 heterocycles. The molecule has 3 fully saturated rings. The zero-order valence-electron chi connectivity index (χ0n) is 39.4. The molecule has 8 rings (SSSR count). The van der Waals surface area contributed by atoms with Crippen molar-refractivity contribution in [1.29, 1.82) is 0 Å². The zero-order chi connectivity index (χ0) is 55.2. The molecule has 16 atom stereocenters. The molecule has 0 radical (unpaired) electrons. The van der Waals surface area contributed by atoms with Crippen LogP contribution in [0.4, 0.5) is 11.8 Å². The van der Waals surface area contributed by atoms with Gasteiger partial charge in [0.05, 0.1) is 38.8 Å². The highest BCUT2D eigenvalue weighted by atomic mass is 31.3. The minimum atomic E-state index is -6.20. The number of hydrogen-bond acceptors (Lipinski definition) is 26. The van der Waals surface area contributed by atoms with Crippen LogP contribution in [0, 0.1) is 5.92 Å². The van der Waals surface area contributed by atoms with E-state index in [0.29, 0.717) is 0 Å². The second-order valence-electron chi connectivity index (χ2n) is 17.0. The second-order valence-corrected chi connectivity index (χ2v) is 23.6. The third-order valence-electron chi connectivity index (χ3n) is 12.2. The Labute approximate surface area is 424 Å². The first-order valence-electron chi connectivity index (χ1n) is 22.1. The number of rotatable bonds is 23. The van der Waals surface area contributed by atoms with Crippen molar-refractivity contribution in [2.24, 2.45) is 5.92 Å². The van der Waals surface area contributed by atoms with Crippen LogP contribution < -0.4 is 32.8 Å². The van der Waals surface area contributed by atoms with Crippen LogP contribution in [0.1, 0.15) is 25.1 Å². The number of aliphatic hydroxyl groups excluding tert-OH is 3. The molecular weight excluding hydrogens is 1110 g/mol. The summed E-state index contributed by atoms with van der Waals surface area (Å²) in [6.07, 6.45) is -10.1. The Kier molecular flexibility index (Phi) is 17.0. The van der Waals surface area contributed by atoms with Crippen molar-refractivity contribution in [3.8, 4) is 0 Å². The monoisotopic (exact) mass is 1160 g/mol. The van der Waals surface area contributed by atoms with Crippen molar-refractivity contribution in [3.63, 3.8) is 0 Å². The minimum Gasteiger partial charge on any atom is -0.387 e. The van der Waals surface area contributed by atoms with Gasteiger partial charge < -0.3 is 74.6 Å². The fourth-order valence-electron chi connectivity index (χ4n) is 8.87. The van der Waals surface area contributed by atoms with E-state index < -0.39 is 141 Å². The van der Waals surface area contributed by atoms with Gasteiger partial charge in [-0.15, -0.1) is 0 Å². The first-order chi connectivity index (χ1) is 35.8. The number of aromatic amines is 2. The molecule has 3 aliphatic heterocycles. The third-order valence-corrected chi connectivity index (χ3v) is 18.3. The molecule has 5 unspecified atom stereocenters. The first kappa shape index (κ1) is 57.3. The second kappa shape index (κ2) is 22.5. The van der Waals surface area contributed by atoms with Crippen molar-refractivity contribution in [3.05, 3.63) is 75.1 Å². The van der Waals surface area contributed by atoms with Crippen molar-refractivity contribution < 1.29 is 104 Å². The van der Waals surface area contributed by atoms with E-state index in [-0.39, 0.29) is 53.7 Å². The van der Waals surface area contributed by atoms with Gasteiger partial charge in [-0.2, -0.15) is 8.62 Å². The zero-order valence-corrected chi connectivity index (χ0v) is 43.0. The Morgan fingerprint density at radius 1 is 0.829 bits per heavy atom. The SMILES string of the molecule is C=CCn1c[n+]([C@@H]2O[C@H](COP(=O)(O)OP(=O)(O)OP(=O)(O)OCC3O[C@@H](n4cnc5c(N)ncnc54)[C@H](OC)[C@@H]3P(=O)(O)OC[C@H]3O[C@@H](n4ccc(=O)[nH]c4=O)[C@H](O)[C@@H]3O)[C@@H](CCOC)[C@H]2O)c2nc(N)[nH]c(=O)c21. The standard InChI is InChI=1S/C36H50N12O24P4/c1-4-7-45-15-48(30-22(45)31(53)44-35(38)43-30)32-23(50)16(6-9-63-2)17(68-32)10-66-74(57,58)71-76(61,62)72-75(59,60)67-12-19-27(26(64-3)34(70-19)47-14-41-21-28(37)39-13-40-29(21)47)73(55,56)65-11-18-24(51)25(52)33(69-18)46-8-5-20(49)42-36(46)54/h4-5,8,13-19,23-27,32-34,50-52H,1,6-7,9-12H2,2-3H3,(H9-,37,38,39,40,42,43,44,49,53,54,55,56,57,58,59,60,61,62)/p+1/t16-,17-,18-,19?,23-,24-,25-,26-,27-,32-,33-,34-/m1/s1. The van der Waals surface area contributed by atoms with Crippen molar-refractivity contribution >= 4 is 65.2 Å². The van der Waals surface area contributed by atoms with Gasteiger partial charge >= 0.3 is 42.4 Å². The molecule has 0 amide bonds. The third kappa shape index (κ3) is 11.9. The number of methoxy groups -OCH3 is 2. The largest absolute Gasteiger partial charge is 0.490 e. The van der Waals surface area contributed by atoms with Crippen LogP contribution in [0.3, 0.4) is 0 Å². The lowest BCUT2D eigenvalue weighted by Crippen LogP contribution is -2.45. The molecule has 418 valence electrons. The quantitative estimate of drug-likeness (QED) is 0.0178. The van der Waals surface area contributed by atoms with Crippen molar-refractivity contribution in [2.75, 3.05) is 52.1 Å². The maximum Gasteiger partial charge on any atom is 0.490 e. The maximum absolute atomic E-state index is 14.3. The molecule has 0 aromatic carbocycles. The number of nitrogen functional groups attached to an aromatic ring is 2. The topological polar surface area (TPSA) is 507 Å². The average Bonchev–Trinajstić information content (AvgIpc) is 4.18. The van der Waals surface area contributed by atoms with E-state index in [9.17, 15) is 67.5 Å². The van der Waals surface area contributed by atoms with Gasteiger partial charge in [-0.3, -0.25) is 46.9 Å². The van der Waals surface area contributed by atoms with E-state index in [4.69, 9.17) is 48.7 Å². The number of allylic oxidation sites excluding steroid dienone is 1.